The minimum Gasteiger partial charge on any atom is -0.493 e. The summed E-state index contributed by atoms with van der Waals surface area (Å²) < 4.78 is 15.6. The molecule has 0 aromatic heterocycles. The number of aryl methyl sites for hydroxylation is 1. The monoisotopic (exact) mass is 402 g/mol. The Morgan fingerprint density at radius 1 is 1.17 bits per heavy atom. The van der Waals surface area contributed by atoms with Gasteiger partial charge in [0.25, 0.3) is 11.6 Å². The normalized spacial score (nSPS) is 11.3. The number of methoxy groups -OCH3 is 1. The molecule has 0 fully saturated rings. The summed E-state index contributed by atoms with van der Waals surface area (Å²) in [5, 5.41) is 14.0. The summed E-state index contributed by atoms with van der Waals surface area (Å²) in [6, 6.07) is 9.32. The van der Waals surface area contributed by atoms with Crippen LogP contribution in [0, 0.1) is 17.0 Å². The van der Waals surface area contributed by atoms with Gasteiger partial charge in [-0.15, -0.1) is 0 Å². The van der Waals surface area contributed by atoms with E-state index in [1.165, 1.54) is 14.0 Å². The van der Waals surface area contributed by atoms with Gasteiger partial charge in [0.05, 0.1) is 24.7 Å². The molecule has 0 spiro atoms. The van der Waals surface area contributed by atoms with Gasteiger partial charge in [0.1, 0.15) is 5.56 Å². The van der Waals surface area contributed by atoms with Crippen molar-refractivity contribution in [3.05, 3.63) is 57.6 Å². The highest BCUT2D eigenvalue weighted by Gasteiger charge is 2.28. The molecule has 0 saturated heterocycles. The number of hydrogen-bond acceptors (Lipinski definition) is 7. The number of ether oxygens (including phenoxy) is 3. The number of benzene rings is 2. The molecule has 0 aliphatic carbocycles. The first-order chi connectivity index (χ1) is 13.8. The lowest BCUT2D eigenvalue weighted by Gasteiger charge is -2.15. The zero-order valence-corrected chi connectivity index (χ0v) is 16.6. The second-order valence-electron chi connectivity index (χ2n) is 6.11. The first kappa shape index (κ1) is 21.7. The average molecular weight is 402 g/mol. The summed E-state index contributed by atoms with van der Waals surface area (Å²) in [6.07, 6.45) is -1.18. The summed E-state index contributed by atoms with van der Waals surface area (Å²) in [5.74, 6) is -1.32. The lowest BCUT2D eigenvalue weighted by molar-refractivity contribution is -0.385. The molecule has 0 bridgehead atoms. The van der Waals surface area contributed by atoms with Crippen molar-refractivity contribution in [3.63, 3.8) is 0 Å². The van der Waals surface area contributed by atoms with Crippen LogP contribution in [0.3, 0.4) is 0 Å². The number of carbonyl (C=O) groups excluding carboxylic acids is 2. The van der Waals surface area contributed by atoms with Gasteiger partial charge in [0, 0.05) is 11.8 Å². The molecule has 1 amide bonds. The lowest BCUT2D eigenvalue weighted by Crippen LogP contribution is -2.30. The van der Waals surface area contributed by atoms with E-state index in [2.05, 4.69) is 5.32 Å². The van der Waals surface area contributed by atoms with Gasteiger partial charge in [-0.3, -0.25) is 14.9 Å². The number of carbonyl (C=O) groups is 2. The maximum absolute atomic E-state index is 12.5. The molecular weight excluding hydrogens is 380 g/mol. The van der Waals surface area contributed by atoms with Gasteiger partial charge in [-0.25, -0.2) is 4.79 Å². The second kappa shape index (κ2) is 9.54. The highest BCUT2D eigenvalue weighted by molar-refractivity contribution is 5.99. The van der Waals surface area contributed by atoms with Crippen molar-refractivity contribution < 1.29 is 28.7 Å². The topological polar surface area (TPSA) is 117 Å². The quantitative estimate of drug-likeness (QED) is 0.408. The first-order valence-corrected chi connectivity index (χ1v) is 8.84. The van der Waals surface area contributed by atoms with Crippen molar-refractivity contribution in [1.82, 2.24) is 0 Å². The molecule has 0 radical (unpaired) electrons. The Labute approximate surface area is 167 Å². The van der Waals surface area contributed by atoms with Gasteiger partial charge in [-0.2, -0.15) is 0 Å². The molecule has 2 rings (SSSR count). The van der Waals surface area contributed by atoms with Gasteiger partial charge in [0.15, 0.2) is 17.6 Å². The molecule has 0 heterocycles. The van der Waals surface area contributed by atoms with Gasteiger partial charge in [-0.05, 0) is 32.9 Å². The molecule has 9 nitrogen and oxygen atoms in total. The standard InChI is InChI=1S/C20H22N2O7/c1-5-28-18-11-16(22(25)26)15(10-17(18)27-4)20(24)29-13(3)19(23)21-14-8-6-12(2)7-9-14/h6-11,13H,5H2,1-4H3,(H,21,23)/t13-/m1/s1. The number of nitro benzene ring substituents is 1. The fraction of sp³-hybridized carbons (Fsp3) is 0.300. The van der Waals surface area contributed by atoms with E-state index in [-0.39, 0.29) is 23.7 Å². The van der Waals surface area contributed by atoms with E-state index in [1.54, 1.807) is 19.1 Å². The minimum atomic E-state index is -1.18. The van der Waals surface area contributed by atoms with Crippen LogP contribution < -0.4 is 14.8 Å². The molecule has 0 unspecified atom stereocenters. The Bertz CT molecular complexity index is 910. The first-order valence-electron chi connectivity index (χ1n) is 8.84. The molecule has 1 atom stereocenters. The van der Waals surface area contributed by atoms with Crippen LogP contribution in [0.2, 0.25) is 0 Å². The molecule has 0 saturated carbocycles. The zero-order chi connectivity index (χ0) is 21.6. The van der Waals surface area contributed by atoms with Crippen molar-refractivity contribution in [2.24, 2.45) is 0 Å². The van der Waals surface area contributed by atoms with Crippen LogP contribution in [0.25, 0.3) is 0 Å². The molecule has 1 N–H and O–H groups in total. The number of nitrogens with one attached hydrogen (secondary N) is 1. The molecule has 154 valence electrons. The number of amides is 1. The van der Waals surface area contributed by atoms with Gasteiger partial charge >= 0.3 is 5.97 Å². The molecule has 2 aromatic rings. The summed E-state index contributed by atoms with van der Waals surface area (Å²) in [6.45, 7) is 5.25. The van der Waals surface area contributed by atoms with E-state index in [0.29, 0.717) is 5.69 Å². The van der Waals surface area contributed by atoms with Gasteiger partial charge < -0.3 is 19.5 Å². The predicted octanol–water partition coefficient (Wildman–Crippen LogP) is 3.49. The summed E-state index contributed by atoms with van der Waals surface area (Å²) in [5.41, 5.74) is 0.715. The fourth-order valence-electron chi connectivity index (χ4n) is 2.45. The maximum atomic E-state index is 12.5. The van der Waals surface area contributed by atoms with Crippen LogP contribution in [0.4, 0.5) is 11.4 Å². The number of anilines is 1. The molecule has 9 heteroatoms. The van der Waals surface area contributed by atoms with Crippen LogP contribution in [0.1, 0.15) is 29.8 Å². The SMILES string of the molecule is CCOc1cc([N+](=O)[O-])c(C(=O)O[C@H](C)C(=O)Nc2ccc(C)cc2)cc1OC. The minimum absolute atomic E-state index is 0.128. The van der Waals surface area contributed by atoms with Crippen LogP contribution in [-0.2, 0) is 9.53 Å². The van der Waals surface area contributed by atoms with Crippen LogP contribution in [0.5, 0.6) is 11.5 Å². The molecule has 0 aliphatic heterocycles. The van der Waals surface area contributed by atoms with E-state index in [1.807, 2.05) is 19.1 Å². The fourth-order valence-corrected chi connectivity index (χ4v) is 2.45. The Hall–Kier alpha value is -3.62. The van der Waals surface area contributed by atoms with Crippen LogP contribution in [0.15, 0.2) is 36.4 Å². The summed E-state index contributed by atoms with van der Waals surface area (Å²) in [4.78, 5) is 35.5. The van der Waals surface area contributed by atoms with Gasteiger partial charge in [0.2, 0.25) is 0 Å². The lowest BCUT2D eigenvalue weighted by atomic mass is 10.1. The van der Waals surface area contributed by atoms with Crippen molar-refractivity contribution in [2.45, 2.75) is 26.9 Å². The van der Waals surface area contributed by atoms with Crippen LogP contribution >= 0.6 is 0 Å². The van der Waals surface area contributed by atoms with E-state index in [4.69, 9.17) is 14.2 Å². The Balaban J connectivity index is 2.20. The van der Waals surface area contributed by atoms with E-state index >= 15 is 0 Å². The average Bonchev–Trinajstić information content (AvgIpc) is 2.69. The molecule has 0 aliphatic rings. The van der Waals surface area contributed by atoms with Crippen molar-refractivity contribution in [1.29, 1.82) is 0 Å². The number of esters is 1. The Morgan fingerprint density at radius 2 is 1.83 bits per heavy atom. The number of hydrogen-bond donors (Lipinski definition) is 1. The zero-order valence-electron chi connectivity index (χ0n) is 16.6. The molecular formula is C20H22N2O7. The highest BCUT2D eigenvalue weighted by Crippen LogP contribution is 2.35. The maximum Gasteiger partial charge on any atom is 0.346 e. The summed E-state index contributed by atoms with van der Waals surface area (Å²) >= 11 is 0. The van der Waals surface area contributed by atoms with Crippen molar-refractivity contribution in [2.75, 3.05) is 19.0 Å². The van der Waals surface area contributed by atoms with Crippen molar-refractivity contribution in [3.8, 4) is 11.5 Å². The van der Waals surface area contributed by atoms with E-state index in [0.717, 1.165) is 17.7 Å². The highest BCUT2D eigenvalue weighted by atomic mass is 16.6. The van der Waals surface area contributed by atoms with E-state index in [9.17, 15) is 19.7 Å². The largest absolute Gasteiger partial charge is 0.493 e. The third kappa shape index (κ3) is 5.44. The molecule has 29 heavy (non-hydrogen) atoms. The predicted molar refractivity (Wildman–Crippen MR) is 106 cm³/mol. The Kier molecular flexibility index (Phi) is 7.13. The third-order valence-corrected chi connectivity index (χ3v) is 3.97. The second-order valence-corrected chi connectivity index (χ2v) is 6.11. The smallest absolute Gasteiger partial charge is 0.346 e. The van der Waals surface area contributed by atoms with Crippen LogP contribution in [-0.4, -0.2) is 36.6 Å². The van der Waals surface area contributed by atoms with Gasteiger partial charge in [-0.1, -0.05) is 17.7 Å². The Morgan fingerprint density at radius 3 is 2.38 bits per heavy atom. The summed E-state index contributed by atoms with van der Waals surface area (Å²) in [7, 11) is 1.34. The molecule has 2 aromatic carbocycles. The number of nitro groups is 1. The van der Waals surface area contributed by atoms with E-state index < -0.39 is 28.6 Å². The third-order valence-electron chi connectivity index (χ3n) is 3.97. The number of nitrogens with zero attached hydrogens (tertiary/aromatic N) is 1. The van der Waals surface area contributed by atoms with Crippen molar-refractivity contribution >= 4 is 23.3 Å². The number of rotatable bonds is 8.